The van der Waals surface area contributed by atoms with Gasteiger partial charge in [-0.2, -0.15) is 0 Å². The first kappa shape index (κ1) is 14.5. The zero-order valence-corrected chi connectivity index (χ0v) is 9.86. The lowest BCUT2D eigenvalue weighted by Gasteiger charge is -2.16. The minimum absolute atomic E-state index is 0.881. The number of rotatable bonds is 5. The van der Waals surface area contributed by atoms with E-state index in [1.807, 2.05) is 0 Å². The summed E-state index contributed by atoms with van der Waals surface area (Å²) in [5, 5.41) is 0. The van der Waals surface area contributed by atoms with Crippen molar-refractivity contribution >= 4 is 22.6 Å². The van der Waals surface area contributed by atoms with Crippen molar-refractivity contribution in [2.24, 2.45) is 0 Å². The van der Waals surface area contributed by atoms with Crippen molar-refractivity contribution in [2.75, 3.05) is 18.9 Å². The quantitative estimate of drug-likeness (QED) is 0.517. The largest absolute Gasteiger partial charge is 0.335 e. The van der Waals surface area contributed by atoms with E-state index in [2.05, 4.69) is 4.52 Å². The minimum atomic E-state index is -4.62. The van der Waals surface area contributed by atoms with Crippen molar-refractivity contribution in [2.45, 2.75) is 0 Å². The van der Waals surface area contributed by atoms with Gasteiger partial charge in [0.2, 0.25) is 7.37 Å². The summed E-state index contributed by atoms with van der Waals surface area (Å²) < 4.78 is 36.6. The fraction of sp³-hybridized carbons (Fsp3) is 1.00. The van der Waals surface area contributed by atoms with E-state index in [4.69, 9.17) is 19.6 Å². The molecule has 0 bridgehead atoms. The van der Waals surface area contributed by atoms with Gasteiger partial charge in [-0.05, 0) is 0 Å². The first-order valence-corrected chi connectivity index (χ1v) is 8.79. The molecule has 86 valence electrons. The van der Waals surface area contributed by atoms with Gasteiger partial charge < -0.3 is 24.1 Å². The maximum absolute atomic E-state index is 11.4. The smallest absolute Gasteiger partial charge is 0.331 e. The first-order valence-electron chi connectivity index (χ1n) is 3.20. The van der Waals surface area contributed by atoms with Gasteiger partial charge in [-0.15, -0.1) is 0 Å². The highest BCUT2D eigenvalue weighted by Crippen LogP contribution is 2.64. The summed E-state index contributed by atoms with van der Waals surface area (Å²) in [7, 11) is -12.3. The summed E-state index contributed by atoms with van der Waals surface area (Å²) in [6, 6.07) is 0. The Morgan fingerprint density at radius 3 is 1.36 bits per heavy atom. The molecule has 0 saturated carbocycles. The van der Waals surface area contributed by atoms with Crippen LogP contribution in [-0.2, 0) is 18.2 Å². The molecule has 4 N–H and O–H groups in total. The molecule has 0 aliphatic heterocycles. The van der Waals surface area contributed by atoms with Gasteiger partial charge in [0.15, 0.2) is 0 Å². The predicted molar refractivity (Wildman–Crippen MR) is 48.4 cm³/mol. The highest BCUT2D eigenvalue weighted by atomic mass is 31.3. The van der Waals surface area contributed by atoms with Crippen molar-refractivity contribution in [3.8, 4) is 0 Å². The van der Waals surface area contributed by atoms with Crippen LogP contribution in [0.5, 0.6) is 0 Å². The fourth-order valence-electron chi connectivity index (χ4n) is 0.722. The van der Waals surface area contributed by atoms with Gasteiger partial charge in [0.1, 0.15) is 11.8 Å². The Balaban J connectivity index is 4.76. The molecule has 0 atom stereocenters. The maximum atomic E-state index is 11.4. The molecule has 0 aliphatic rings. The van der Waals surface area contributed by atoms with Gasteiger partial charge in [-0.25, -0.2) is 0 Å². The fourth-order valence-corrected chi connectivity index (χ4v) is 7.30. The Morgan fingerprint density at radius 2 is 1.21 bits per heavy atom. The molecular formula is C3H11O8P3. The minimum Gasteiger partial charge on any atom is -0.331 e. The summed E-state index contributed by atoms with van der Waals surface area (Å²) in [5.41, 5.74) is 0. The van der Waals surface area contributed by atoms with Crippen molar-refractivity contribution < 1.29 is 37.8 Å². The van der Waals surface area contributed by atoms with Crippen LogP contribution in [0.3, 0.4) is 0 Å². The normalized spacial score (nSPS) is 14.4. The van der Waals surface area contributed by atoms with E-state index in [1.54, 1.807) is 0 Å². The molecule has 0 spiro atoms. The molecule has 11 heteroatoms. The van der Waals surface area contributed by atoms with Gasteiger partial charge in [0.25, 0.3) is 0 Å². The Labute approximate surface area is 80.1 Å². The van der Waals surface area contributed by atoms with Crippen molar-refractivity contribution in [3.63, 3.8) is 0 Å². The molecule has 0 aliphatic carbocycles. The van der Waals surface area contributed by atoms with E-state index in [1.165, 1.54) is 0 Å². The topological polar surface area (TPSA) is 141 Å². The molecule has 0 rings (SSSR count). The average molecular weight is 268 g/mol. The summed E-state index contributed by atoms with van der Waals surface area (Å²) in [5.74, 6) is -2.33. The lowest BCUT2D eigenvalue weighted by atomic mass is 11.8. The van der Waals surface area contributed by atoms with Gasteiger partial charge in [0.05, 0.1) is 0 Å². The van der Waals surface area contributed by atoms with E-state index in [9.17, 15) is 13.7 Å². The van der Waals surface area contributed by atoms with E-state index < -0.39 is 34.4 Å². The van der Waals surface area contributed by atoms with E-state index in [0.717, 1.165) is 7.11 Å². The van der Waals surface area contributed by atoms with Crippen LogP contribution >= 0.6 is 22.6 Å². The summed E-state index contributed by atoms with van der Waals surface area (Å²) in [4.78, 5) is 33.9. The Morgan fingerprint density at radius 1 is 0.929 bits per heavy atom. The van der Waals surface area contributed by atoms with Crippen LogP contribution in [0.2, 0.25) is 0 Å². The third-order valence-electron chi connectivity index (χ3n) is 1.13. The van der Waals surface area contributed by atoms with E-state index >= 15 is 0 Å². The van der Waals surface area contributed by atoms with Crippen molar-refractivity contribution in [3.05, 3.63) is 0 Å². The molecule has 0 aromatic heterocycles. The molecule has 0 radical (unpaired) electrons. The third kappa shape index (κ3) is 6.87. The molecule has 8 nitrogen and oxygen atoms in total. The van der Waals surface area contributed by atoms with Crippen LogP contribution in [0.1, 0.15) is 0 Å². The highest BCUT2D eigenvalue weighted by Gasteiger charge is 2.37. The second-order valence-corrected chi connectivity index (χ2v) is 9.53. The molecule has 14 heavy (non-hydrogen) atoms. The summed E-state index contributed by atoms with van der Waals surface area (Å²) in [6.45, 7) is 0. The van der Waals surface area contributed by atoms with Gasteiger partial charge in [-0.1, -0.05) is 0 Å². The maximum Gasteiger partial charge on any atom is 0.335 e. The molecule has 0 fully saturated rings. The van der Waals surface area contributed by atoms with E-state index in [-0.39, 0.29) is 0 Å². The third-order valence-corrected chi connectivity index (χ3v) is 8.19. The predicted octanol–water partition coefficient (Wildman–Crippen LogP) is 0.181. The molecule has 0 amide bonds. The van der Waals surface area contributed by atoms with Gasteiger partial charge >= 0.3 is 15.2 Å². The molecule has 0 saturated heterocycles. The van der Waals surface area contributed by atoms with Crippen LogP contribution in [0, 0.1) is 0 Å². The second kappa shape index (κ2) is 4.56. The van der Waals surface area contributed by atoms with Gasteiger partial charge in [0, 0.05) is 7.11 Å². The Hall–Kier alpha value is 0.490. The van der Waals surface area contributed by atoms with Crippen LogP contribution < -0.4 is 0 Å². The van der Waals surface area contributed by atoms with E-state index in [0.29, 0.717) is 0 Å². The zero-order valence-electron chi connectivity index (χ0n) is 7.18. The molecule has 0 aromatic carbocycles. The van der Waals surface area contributed by atoms with Crippen molar-refractivity contribution in [1.29, 1.82) is 0 Å². The van der Waals surface area contributed by atoms with Crippen molar-refractivity contribution in [1.82, 2.24) is 0 Å². The van der Waals surface area contributed by atoms with Gasteiger partial charge in [-0.3, -0.25) is 13.7 Å². The second-order valence-electron chi connectivity index (χ2n) is 2.61. The molecule has 0 aromatic rings. The standard InChI is InChI=1S/C3H11O8P3/c1-11-12(4,2-13(5,6)7)3-14(8,9)10/h2-3H2,1H3,(H2,5,6,7)(H2,8,9,10). The molecular weight excluding hydrogens is 257 g/mol. The van der Waals surface area contributed by atoms with Crippen LogP contribution in [-0.4, -0.2) is 38.5 Å². The zero-order chi connectivity index (χ0) is 11.6. The monoisotopic (exact) mass is 268 g/mol. The lowest BCUT2D eigenvalue weighted by Crippen LogP contribution is -1.99. The average Bonchev–Trinajstić information content (AvgIpc) is 1.78. The first-order chi connectivity index (χ1) is 5.97. The Kier molecular flexibility index (Phi) is 4.72. The highest BCUT2D eigenvalue weighted by molar-refractivity contribution is 7.80. The number of hydrogen-bond donors (Lipinski definition) is 4. The summed E-state index contributed by atoms with van der Waals surface area (Å²) >= 11 is 0. The van der Waals surface area contributed by atoms with Crippen LogP contribution in [0.25, 0.3) is 0 Å². The summed E-state index contributed by atoms with van der Waals surface area (Å²) in [6.07, 6.45) is 0. The van der Waals surface area contributed by atoms with Crippen LogP contribution in [0.15, 0.2) is 0 Å². The molecule has 0 unspecified atom stereocenters. The number of hydrogen-bond acceptors (Lipinski definition) is 4. The molecule has 0 heterocycles. The van der Waals surface area contributed by atoms with Crippen LogP contribution in [0.4, 0.5) is 0 Å². The Bertz CT molecular complexity index is 295. The lowest BCUT2D eigenvalue weighted by molar-refractivity contribution is 0.362. The SMILES string of the molecule is COP(=O)(CP(=O)(O)O)CP(=O)(O)O.